The third-order valence-electron chi connectivity index (χ3n) is 3.69. The molecule has 0 spiro atoms. The average molecular weight is 297 g/mol. The minimum atomic E-state index is 0.389. The van der Waals surface area contributed by atoms with Crippen molar-refractivity contribution < 1.29 is 4.74 Å². The summed E-state index contributed by atoms with van der Waals surface area (Å²) in [5, 5.41) is 3.39. The Morgan fingerprint density at radius 1 is 1.14 bits per heavy atom. The van der Waals surface area contributed by atoms with Crippen molar-refractivity contribution in [3.05, 3.63) is 47.5 Å². The molecule has 0 fully saturated rings. The second-order valence-corrected chi connectivity index (χ2v) is 5.22. The van der Waals surface area contributed by atoms with Crippen molar-refractivity contribution >= 4 is 11.0 Å². The molecular weight excluding hydrogens is 278 g/mol. The van der Waals surface area contributed by atoms with Crippen LogP contribution in [0.4, 0.5) is 0 Å². The number of benzene rings is 1. The van der Waals surface area contributed by atoms with E-state index in [9.17, 15) is 0 Å². The van der Waals surface area contributed by atoms with Crippen LogP contribution in [-0.4, -0.2) is 26.6 Å². The van der Waals surface area contributed by atoms with Gasteiger partial charge in [0.1, 0.15) is 5.82 Å². The van der Waals surface area contributed by atoms with Crippen molar-refractivity contribution in [2.24, 2.45) is 7.05 Å². The van der Waals surface area contributed by atoms with Gasteiger partial charge in [0.05, 0.1) is 18.1 Å². The minimum absolute atomic E-state index is 0.389. The topological polar surface area (TPSA) is 64.9 Å². The summed E-state index contributed by atoms with van der Waals surface area (Å²) in [4.78, 5) is 12.7. The van der Waals surface area contributed by atoms with E-state index in [2.05, 4.69) is 43.0 Å². The smallest absolute Gasteiger partial charge is 0.316 e. The van der Waals surface area contributed by atoms with Crippen molar-refractivity contribution in [3.63, 3.8) is 0 Å². The fraction of sp³-hybridized carbons (Fsp3) is 0.312. The Kier molecular flexibility index (Phi) is 4.02. The number of rotatable bonds is 5. The molecule has 0 unspecified atom stereocenters. The maximum absolute atomic E-state index is 4.94. The molecule has 1 aromatic carbocycles. The van der Waals surface area contributed by atoms with Gasteiger partial charge in [-0.25, -0.2) is 15.0 Å². The van der Waals surface area contributed by atoms with Gasteiger partial charge < -0.3 is 14.6 Å². The van der Waals surface area contributed by atoms with Gasteiger partial charge in [0.15, 0.2) is 0 Å². The highest BCUT2D eigenvalue weighted by Gasteiger charge is 2.05. The van der Waals surface area contributed by atoms with Crippen LogP contribution in [0.15, 0.2) is 30.6 Å². The number of hydrogen-bond donors (Lipinski definition) is 1. The molecule has 2 heterocycles. The van der Waals surface area contributed by atoms with Crippen LogP contribution in [0.3, 0.4) is 0 Å². The number of nitrogens with one attached hydrogen (secondary N) is 1. The molecule has 0 saturated carbocycles. The van der Waals surface area contributed by atoms with Crippen LogP contribution in [0, 0.1) is 6.92 Å². The predicted molar refractivity (Wildman–Crippen MR) is 84.6 cm³/mol. The molecule has 6 nitrogen and oxygen atoms in total. The zero-order valence-corrected chi connectivity index (χ0v) is 13.0. The molecule has 0 aliphatic rings. The Balaban J connectivity index is 1.63. The predicted octanol–water partition coefficient (Wildman–Crippen LogP) is 1.97. The summed E-state index contributed by atoms with van der Waals surface area (Å²) in [7, 11) is 3.59. The molecule has 3 aromatic rings. The molecular formula is C16H19N5O. The Morgan fingerprint density at radius 2 is 1.86 bits per heavy atom. The second-order valence-electron chi connectivity index (χ2n) is 5.22. The first-order valence-electron chi connectivity index (χ1n) is 7.15. The van der Waals surface area contributed by atoms with Gasteiger partial charge in [-0.3, -0.25) is 0 Å². The van der Waals surface area contributed by atoms with Gasteiger partial charge in [0, 0.05) is 38.1 Å². The van der Waals surface area contributed by atoms with Crippen molar-refractivity contribution in [1.82, 2.24) is 24.8 Å². The van der Waals surface area contributed by atoms with Crippen LogP contribution in [0.25, 0.3) is 11.0 Å². The number of aryl methyl sites for hydroxylation is 2. The highest BCUT2D eigenvalue weighted by molar-refractivity contribution is 5.76. The molecule has 0 aliphatic carbocycles. The van der Waals surface area contributed by atoms with Crippen molar-refractivity contribution in [2.45, 2.75) is 20.0 Å². The monoisotopic (exact) mass is 297 g/mol. The van der Waals surface area contributed by atoms with Crippen LogP contribution in [0.5, 0.6) is 6.01 Å². The number of imidazole rings is 1. The van der Waals surface area contributed by atoms with Crippen LogP contribution >= 0.6 is 0 Å². The van der Waals surface area contributed by atoms with E-state index in [1.807, 2.05) is 14.0 Å². The molecule has 0 saturated heterocycles. The normalized spacial score (nSPS) is 11.0. The third-order valence-corrected chi connectivity index (χ3v) is 3.69. The summed E-state index contributed by atoms with van der Waals surface area (Å²) < 4.78 is 7.04. The van der Waals surface area contributed by atoms with Gasteiger partial charge >= 0.3 is 6.01 Å². The standard InChI is InChI=1S/C16H19N5O/c1-11-20-14-6-12(4-5-15(14)21(11)2)7-17-8-13-9-18-16(22-3)19-10-13/h4-6,9-10,17H,7-8H2,1-3H3. The first-order valence-corrected chi connectivity index (χ1v) is 7.15. The summed E-state index contributed by atoms with van der Waals surface area (Å²) in [6.07, 6.45) is 3.54. The largest absolute Gasteiger partial charge is 0.467 e. The van der Waals surface area contributed by atoms with E-state index >= 15 is 0 Å². The first kappa shape index (κ1) is 14.5. The molecule has 0 aliphatic heterocycles. The van der Waals surface area contributed by atoms with Crippen molar-refractivity contribution in [3.8, 4) is 6.01 Å². The van der Waals surface area contributed by atoms with Gasteiger partial charge in [0.25, 0.3) is 0 Å². The summed E-state index contributed by atoms with van der Waals surface area (Å²) in [5.41, 5.74) is 4.42. The molecule has 0 bridgehead atoms. The summed E-state index contributed by atoms with van der Waals surface area (Å²) >= 11 is 0. The molecule has 0 amide bonds. The quantitative estimate of drug-likeness (QED) is 0.780. The Morgan fingerprint density at radius 3 is 2.59 bits per heavy atom. The molecule has 22 heavy (non-hydrogen) atoms. The summed E-state index contributed by atoms with van der Waals surface area (Å²) in [5.74, 6) is 1.02. The van der Waals surface area contributed by atoms with E-state index in [0.29, 0.717) is 12.6 Å². The molecule has 6 heteroatoms. The third kappa shape index (κ3) is 2.92. The number of aromatic nitrogens is 4. The van der Waals surface area contributed by atoms with Gasteiger partial charge in [-0.15, -0.1) is 0 Å². The van der Waals surface area contributed by atoms with Crippen LogP contribution in [0.1, 0.15) is 17.0 Å². The molecule has 2 aromatic heterocycles. The van der Waals surface area contributed by atoms with Crippen LogP contribution in [0.2, 0.25) is 0 Å². The van der Waals surface area contributed by atoms with E-state index in [-0.39, 0.29) is 0 Å². The highest BCUT2D eigenvalue weighted by atomic mass is 16.5. The Hall–Kier alpha value is -2.47. The number of ether oxygens (including phenoxy) is 1. The van der Waals surface area contributed by atoms with Crippen LogP contribution < -0.4 is 10.1 Å². The number of fused-ring (bicyclic) bond motifs is 1. The van der Waals surface area contributed by atoms with E-state index < -0.39 is 0 Å². The average Bonchev–Trinajstić information content (AvgIpc) is 2.82. The summed E-state index contributed by atoms with van der Waals surface area (Å²) in [6.45, 7) is 3.50. The number of nitrogens with zero attached hydrogens (tertiary/aromatic N) is 4. The molecule has 114 valence electrons. The number of hydrogen-bond acceptors (Lipinski definition) is 5. The Labute approximate surface area is 129 Å². The SMILES string of the molecule is COc1ncc(CNCc2ccc3c(c2)nc(C)n3C)cn1. The Bertz CT molecular complexity index is 779. The van der Waals surface area contributed by atoms with Gasteiger partial charge in [-0.2, -0.15) is 0 Å². The summed E-state index contributed by atoms with van der Waals surface area (Å²) in [6, 6.07) is 6.75. The second kappa shape index (κ2) is 6.11. The van der Waals surface area contributed by atoms with Crippen LogP contribution in [-0.2, 0) is 20.1 Å². The lowest BCUT2D eigenvalue weighted by atomic mass is 10.2. The highest BCUT2D eigenvalue weighted by Crippen LogP contribution is 2.16. The molecule has 0 radical (unpaired) electrons. The van der Waals surface area contributed by atoms with Crippen molar-refractivity contribution in [1.29, 1.82) is 0 Å². The lowest BCUT2D eigenvalue weighted by molar-refractivity contribution is 0.379. The lowest BCUT2D eigenvalue weighted by Crippen LogP contribution is -2.13. The van der Waals surface area contributed by atoms with E-state index in [1.54, 1.807) is 19.5 Å². The van der Waals surface area contributed by atoms with Crippen molar-refractivity contribution in [2.75, 3.05) is 7.11 Å². The van der Waals surface area contributed by atoms with E-state index in [0.717, 1.165) is 29.0 Å². The fourth-order valence-electron chi connectivity index (χ4n) is 2.37. The number of methoxy groups -OCH3 is 1. The van der Waals surface area contributed by atoms with Gasteiger partial charge in [-0.05, 0) is 24.6 Å². The zero-order chi connectivity index (χ0) is 15.5. The minimum Gasteiger partial charge on any atom is -0.467 e. The van der Waals surface area contributed by atoms with E-state index in [1.165, 1.54) is 5.56 Å². The van der Waals surface area contributed by atoms with E-state index in [4.69, 9.17) is 4.74 Å². The molecule has 1 N–H and O–H groups in total. The van der Waals surface area contributed by atoms with Gasteiger partial charge in [0.2, 0.25) is 0 Å². The maximum Gasteiger partial charge on any atom is 0.316 e. The molecule has 0 atom stereocenters. The molecule has 3 rings (SSSR count). The zero-order valence-electron chi connectivity index (χ0n) is 13.0. The first-order chi connectivity index (χ1) is 10.7. The van der Waals surface area contributed by atoms with Gasteiger partial charge in [-0.1, -0.05) is 6.07 Å². The lowest BCUT2D eigenvalue weighted by Gasteiger charge is -2.05. The fourth-order valence-corrected chi connectivity index (χ4v) is 2.37. The maximum atomic E-state index is 4.94.